The van der Waals surface area contributed by atoms with Gasteiger partial charge in [0.1, 0.15) is 0 Å². The second kappa shape index (κ2) is 13.2. The molecular formula is C8H24N2O6S2. The Hall–Kier alpha value is -0.260. The topological polar surface area (TPSA) is 161 Å². The van der Waals surface area contributed by atoms with E-state index in [0.717, 1.165) is 25.9 Å². The molecule has 0 aliphatic rings. The smallest absolute Gasteiger partial charge is 0.261 e. The molecule has 0 bridgehead atoms. The van der Waals surface area contributed by atoms with E-state index in [-0.39, 0.29) is 0 Å². The summed E-state index contributed by atoms with van der Waals surface area (Å²) < 4.78 is 51.7. The molecule has 0 aliphatic carbocycles. The van der Waals surface area contributed by atoms with E-state index in [1.807, 2.05) is 0 Å². The number of unbranched alkanes of at least 4 members (excludes halogenated alkanes) is 3. The second-order valence-electron chi connectivity index (χ2n) is 3.46. The van der Waals surface area contributed by atoms with Crippen molar-refractivity contribution in [2.75, 3.05) is 25.6 Å². The molecular weight excluding hydrogens is 284 g/mol. The maximum absolute atomic E-state index is 9.19. The average molecular weight is 308 g/mol. The first kappa shape index (κ1) is 22.9. The maximum Gasteiger partial charge on any atom is 0.261 e. The Morgan fingerprint density at radius 3 is 1.00 bits per heavy atom. The van der Waals surface area contributed by atoms with E-state index in [2.05, 4.69) is 0 Å². The molecule has 0 rings (SSSR count). The Morgan fingerprint density at radius 1 is 0.722 bits per heavy atom. The molecule has 0 aromatic rings. The molecule has 0 radical (unpaired) electrons. The Labute approximate surface area is 109 Å². The van der Waals surface area contributed by atoms with Crippen LogP contribution in [-0.2, 0) is 20.2 Å². The van der Waals surface area contributed by atoms with Crippen LogP contribution in [0.2, 0.25) is 0 Å². The van der Waals surface area contributed by atoms with E-state index in [1.165, 1.54) is 12.8 Å². The van der Waals surface area contributed by atoms with Crippen LogP contribution in [-0.4, -0.2) is 51.5 Å². The van der Waals surface area contributed by atoms with E-state index >= 15 is 0 Å². The molecule has 6 N–H and O–H groups in total. The van der Waals surface area contributed by atoms with Gasteiger partial charge in [-0.25, -0.2) is 0 Å². The first-order valence-electron chi connectivity index (χ1n) is 5.16. The summed E-state index contributed by atoms with van der Waals surface area (Å²) in [5.41, 5.74) is 10.6. The lowest BCUT2D eigenvalue weighted by Crippen LogP contribution is -2.00. The SMILES string of the molecule is CS(=O)(=O)O.CS(=O)(=O)O.NCCCCCCN. The van der Waals surface area contributed by atoms with Crippen LogP contribution in [0.5, 0.6) is 0 Å². The molecule has 0 heterocycles. The number of nitrogens with two attached hydrogens (primary N) is 2. The van der Waals surface area contributed by atoms with Gasteiger partial charge in [0.2, 0.25) is 0 Å². The highest BCUT2D eigenvalue weighted by Gasteiger charge is 1.83. The van der Waals surface area contributed by atoms with Crippen LogP contribution in [0.1, 0.15) is 25.7 Å². The van der Waals surface area contributed by atoms with Crippen molar-refractivity contribution >= 4 is 20.2 Å². The molecule has 0 aromatic heterocycles. The van der Waals surface area contributed by atoms with Crippen molar-refractivity contribution in [3.05, 3.63) is 0 Å². The minimum absolute atomic E-state index is 0.715. The van der Waals surface area contributed by atoms with Crippen LogP contribution in [0.15, 0.2) is 0 Å². The first-order chi connectivity index (χ1) is 7.91. The third-order valence-corrected chi connectivity index (χ3v) is 1.16. The molecule has 0 fully saturated rings. The fraction of sp³-hybridized carbons (Fsp3) is 1.00. The van der Waals surface area contributed by atoms with Crippen LogP contribution in [0, 0.1) is 0 Å². The summed E-state index contributed by atoms with van der Waals surface area (Å²) in [5.74, 6) is 0. The third kappa shape index (κ3) is 152. The minimum atomic E-state index is -3.67. The van der Waals surface area contributed by atoms with Gasteiger partial charge in [-0.15, -0.1) is 0 Å². The minimum Gasteiger partial charge on any atom is -0.330 e. The van der Waals surface area contributed by atoms with Gasteiger partial charge in [-0.1, -0.05) is 12.8 Å². The van der Waals surface area contributed by atoms with E-state index < -0.39 is 20.2 Å². The molecule has 18 heavy (non-hydrogen) atoms. The zero-order chi connectivity index (χ0) is 15.2. The van der Waals surface area contributed by atoms with Gasteiger partial charge in [0.05, 0.1) is 12.5 Å². The second-order valence-corrected chi connectivity index (χ2v) is 6.39. The van der Waals surface area contributed by atoms with Gasteiger partial charge in [-0.05, 0) is 25.9 Å². The maximum atomic E-state index is 9.19. The van der Waals surface area contributed by atoms with Gasteiger partial charge in [0, 0.05) is 0 Å². The molecule has 0 aromatic carbocycles. The largest absolute Gasteiger partial charge is 0.330 e. The molecule has 0 unspecified atom stereocenters. The van der Waals surface area contributed by atoms with Crippen LogP contribution in [0.25, 0.3) is 0 Å². The first-order valence-corrected chi connectivity index (χ1v) is 8.86. The normalized spacial score (nSPS) is 10.8. The Kier molecular flexibility index (Phi) is 16.8. The number of hydrogen-bond donors (Lipinski definition) is 4. The van der Waals surface area contributed by atoms with E-state index in [1.54, 1.807) is 0 Å². The average Bonchev–Trinajstić information content (AvgIpc) is 2.07. The standard InChI is InChI=1S/C6H16N2.2CH4O3S/c7-5-3-1-2-4-6-8;2*1-5(2,3)4/h1-8H2;2*1H3,(H,2,3,4). The van der Waals surface area contributed by atoms with E-state index in [4.69, 9.17) is 20.6 Å². The van der Waals surface area contributed by atoms with Gasteiger partial charge in [0.15, 0.2) is 0 Å². The summed E-state index contributed by atoms with van der Waals surface area (Å²) in [6.07, 6.45) is 6.22. The molecule has 114 valence electrons. The third-order valence-electron chi connectivity index (χ3n) is 1.16. The summed E-state index contributed by atoms with van der Waals surface area (Å²) in [7, 11) is -7.33. The number of hydrogen-bond acceptors (Lipinski definition) is 6. The summed E-state index contributed by atoms with van der Waals surface area (Å²) in [5, 5.41) is 0. The molecule has 0 saturated heterocycles. The molecule has 0 atom stereocenters. The zero-order valence-electron chi connectivity index (χ0n) is 10.7. The Morgan fingerprint density at radius 2 is 0.889 bits per heavy atom. The van der Waals surface area contributed by atoms with Gasteiger partial charge in [-0.3, -0.25) is 9.11 Å². The summed E-state index contributed by atoms with van der Waals surface area (Å²) in [4.78, 5) is 0. The van der Waals surface area contributed by atoms with E-state index in [9.17, 15) is 16.8 Å². The summed E-state index contributed by atoms with van der Waals surface area (Å²) in [6.45, 7) is 1.65. The lowest BCUT2D eigenvalue weighted by molar-refractivity contribution is 0.488. The molecule has 0 saturated carbocycles. The monoisotopic (exact) mass is 308 g/mol. The van der Waals surface area contributed by atoms with Crippen molar-refractivity contribution < 1.29 is 25.9 Å². The molecule has 0 amide bonds. The fourth-order valence-corrected chi connectivity index (χ4v) is 0.642. The van der Waals surface area contributed by atoms with Gasteiger partial charge < -0.3 is 11.5 Å². The highest BCUT2D eigenvalue weighted by Crippen LogP contribution is 1.95. The molecule has 10 heteroatoms. The Bertz CT molecular complexity index is 300. The fourth-order valence-electron chi connectivity index (χ4n) is 0.642. The number of rotatable bonds is 5. The van der Waals surface area contributed by atoms with Crippen molar-refractivity contribution in [2.45, 2.75) is 25.7 Å². The van der Waals surface area contributed by atoms with Crippen molar-refractivity contribution in [1.29, 1.82) is 0 Å². The van der Waals surface area contributed by atoms with Crippen LogP contribution < -0.4 is 11.5 Å². The predicted molar refractivity (Wildman–Crippen MR) is 71.5 cm³/mol. The molecule has 0 aliphatic heterocycles. The van der Waals surface area contributed by atoms with Gasteiger partial charge in [-0.2, -0.15) is 16.8 Å². The molecule has 8 nitrogen and oxygen atoms in total. The van der Waals surface area contributed by atoms with Crippen molar-refractivity contribution in [2.24, 2.45) is 11.5 Å². The van der Waals surface area contributed by atoms with Gasteiger partial charge in [0.25, 0.3) is 20.2 Å². The quantitative estimate of drug-likeness (QED) is 0.389. The zero-order valence-corrected chi connectivity index (χ0v) is 12.4. The summed E-state index contributed by atoms with van der Waals surface area (Å²) >= 11 is 0. The highest BCUT2D eigenvalue weighted by molar-refractivity contribution is 7.85. The van der Waals surface area contributed by atoms with Crippen molar-refractivity contribution in [3.8, 4) is 0 Å². The Balaban J connectivity index is -0.000000197. The highest BCUT2D eigenvalue weighted by atomic mass is 32.2. The van der Waals surface area contributed by atoms with Crippen molar-refractivity contribution in [3.63, 3.8) is 0 Å². The lowest BCUT2D eigenvalue weighted by atomic mass is 10.2. The van der Waals surface area contributed by atoms with Crippen molar-refractivity contribution in [1.82, 2.24) is 0 Å². The predicted octanol–water partition coefficient (Wildman–Crippen LogP) is -0.528. The lowest BCUT2D eigenvalue weighted by Gasteiger charge is -1.94. The van der Waals surface area contributed by atoms with Crippen LogP contribution >= 0.6 is 0 Å². The molecule has 0 spiro atoms. The summed E-state index contributed by atoms with van der Waals surface area (Å²) in [6, 6.07) is 0. The van der Waals surface area contributed by atoms with Crippen LogP contribution in [0.3, 0.4) is 0 Å². The van der Waals surface area contributed by atoms with Crippen LogP contribution in [0.4, 0.5) is 0 Å². The van der Waals surface area contributed by atoms with E-state index in [0.29, 0.717) is 12.5 Å². The van der Waals surface area contributed by atoms with Gasteiger partial charge >= 0.3 is 0 Å².